The Morgan fingerprint density at radius 1 is 0.885 bits per heavy atom. The SMILES string of the molecule is C=C(C)C(=O)OCC(CO)(CO)CO.O=C(O)CCCCCC(=O)O.[MgH2]. The van der Waals surface area contributed by atoms with Crippen LogP contribution >= 0.6 is 0 Å². The van der Waals surface area contributed by atoms with Gasteiger partial charge < -0.3 is 30.3 Å². The van der Waals surface area contributed by atoms with E-state index in [9.17, 15) is 14.4 Å². The average Bonchev–Trinajstić information content (AvgIpc) is 2.56. The van der Waals surface area contributed by atoms with Gasteiger partial charge in [0.1, 0.15) is 6.61 Å². The molecule has 9 nitrogen and oxygen atoms in total. The van der Waals surface area contributed by atoms with Crippen molar-refractivity contribution in [2.24, 2.45) is 5.41 Å². The molecule has 0 saturated carbocycles. The maximum Gasteiger partial charge on any atom is 0.333 e. The molecule has 0 aromatic heterocycles. The molecule has 0 amide bonds. The lowest BCUT2D eigenvalue weighted by atomic mass is 9.93. The number of hydrogen-bond acceptors (Lipinski definition) is 7. The predicted molar refractivity (Wildman–Crippen MR) is 96.4 cm³/mol. The molecule has 5 N–H and O–H groups in total. The molecule has 0 radical (unpaired) electrons. The summed E-state index contributed by atoms with van der Waals surface area (Å²) in [5.74, 6) is -2.25. The Morgan fingerprint density at radius 3 is 1.54 bits per heavy atom. The lowest BCUT2D eigenvalue weighted by Crippen LogP contribution is -2.39. The fraction of sp³-hybridized carbons (Fsp3) is 0.688. The molecule has 0 rings (SSSR count). The van der Waals surface area contributed by atoms with Crippen LogP contribution in [0.15, 0.2) is 12.2 Å². The monoisotopic (exact) mass is 390 g/mol. The second-order valence-corrected chi connectivity index (χ2v) is 5.68. The van der Waals surface area contributed by atoms with E-state index in [0.717, 1.165) is 0 Å². The van der Waals surface area contributed by atoms with E-state index in [2.05, 4.69) is 6.58 Å². The van der Waals surface area contributed by atoms with Gasteiger partial charge in [0.15, 0.2) is 0 Å². The zero-order valence-electron chi connectivity index (χ0n) is 14.4. The Morgan fingerprint density at radius 2 is 1.27 bits per heavy atom. The van der Waals surface area contributed by atoms with Crippen LogP contribution in [0.2, 0.25) is 0 Å². The molecular weight excluding hydrogens is 360 g/mol. The first kappa shape index (κ1) is 29.6. The number of unbranched alkanes of at least 4 members (excludes halogenated alkanes) is 2. The first-order valence-electron chi connectivity index (χ1n) is 7.73. The molecule has 0 bridgehead atoms. The van der Waals surface area contributed by atoms with Crippen molar-refractivity contribution in [1.29, 1.82) is 0 Å². The zero-order valence-corrected chi connectivity index (χ0v) is 14.4. The summed E-state index contributed by atoms with van der Waals surface area (Å²) in [6.07, 6.45) is 2.10. The van der Waals surface area contributed by atoms with Crippen molar-refractivity contribution in [2.45, 2.75) is 39.0 Å². The van der Waals surface area contributed by atoms with Gasteiger partial charge in [0.2, 0.25) is 0 Å². The minimum absolute atomic E-state index is 0. The number of hydrogen-bond donors (Lipinski definition) is 5. The van der Waals surface area contributed by atoms with E-state index < -0.39 is 43.1 Å². The topological polar surface area (TPSA) is 162 Å². The van der Waals surface area contributed by atoms with Crippen LogP contribution in [0, 0.1) is 5.41 Å². The number of aliphatic hydroxyl groups is 3. The molecule has 0 aromatic carbocycles. The maximum absolute atomic E-state index is 11.0. The number of esters is 1. The lowest BCUT2D eigenvalue weighted by Gasteiger charge is -2.26. The Balaban J connectivity index is -0.000000402. The molecule has 150 valence electrons. The highest BCUT2D eigenvalue weighted by Gasteiger charge is 2.30. The van der Waals surface area contributed by atoms with Gasteiger partial charge in [0, 0.05) is 18.4 Å². The second-order valence-electron chi connectivity index (χ2n) is 5.68. The van der Waals surface area contributed by atoms with Gasteiger partial charge in [0.05, 0.1) is 25.2 Å². The number of carbonyl (C=O) groups is 3. The van der Waals surface area contributed by atoms with E-state index in [1.54, 1.807) is 0 Å². The number of carboxylic acids is 2. The Hall–Kier alpha value is -1.20. The summed E-state index contributed by atoms with van der Waals surface area (Å²) in [5.41, 5.74) is -0.946. The molecule has 10 heteroatoms. The Kier molecular flexibility index (Phi) is 19.6. The lowest BCUT2D eigenvalue weighted by molar-refractivity contribution is -0.146. The Bertz CT molecular complexity index is 409. The van der Waals surface area contributed by atoms with Gasteiger partial charge in [0.25, 0.3) is 0 Å². The van der Waals surface area contributed by atoms with Crippen molar-refractivity contribution in [1.82, 2.24) is 0 Å². The van der Waals surface area contributed by atoms with Crippen LogP contribution in [-0.2, 0) is 19.1 Å². The smallest absolute Gasteiger partial charge is 0.333 e. The van der Waals surface area contributed by atoms with Crippen molar-refractivity contribution in [3.63, 3.8) is 0 Å². The zero-order chi connectivity index (χ0) is 19.9. The van der Waals surface area contributed by atoms with E-state index in [0.29, 0.717) is 19.3 Å². The van der Waals surface area contributed by atoms with Gasteiger partial charge in [-0.1, -0.05) is 13.0 Å². The van der Waals surface area contributed by atoms with E-state index >= 15 is 0 Å². The summed E-state index contributed by atoms with van der Waals surface area (Å²) in [4.78, 5) is 30.9. The van der Waals surface area contributed by atoms with Gasteiger partial charge >= 0.3 is 41.0 Å². The van der Waals surface area contributed by atoms with Crippen molar-refractivity contribution in [2.75, 3.05) is 26.4 Å². The third kappa shape index (κ3) is 16.3. The summed E-state index contributed by atoms with van der Waals surface area (Å²) < 4.78 is 4.72. The van der Waals surface area contributed by atoms with E-state index in [1.807, 2.05) is 0 Å². The van der Waals surface area contributed by atoms with Crippen LogP contribution in [0.1, 0.15) is 39.0 Å². The minimum Gasteiger partial charge on any atom is -0.481 e. The average molecular weight is 391 g/mol. The molecule has 0 aliphatic rings. The van der Waals surface area contributed by atoms with Crippen LogP contribution < -0.4 is 0 Å². The summed E-state index contributed by atoms with van der Waals surface area (Å²) in [6.45, 7) is 3.26. The largest absolute Gasteiger partial charge is 0.481 e. The third-order valence-corrected chi connectivity index (χ3v) is 3.15. The van der Waals surface area contributed by atoms with Crippen molar-refractivity contribution in [3.8, 4) is 0 Å². The highest BCUT2D eigenvalue weighted by atomic mass is 24.3. The number of aliphatic carboxylic acids is 2. The standard InChI is InChI=1S/C9H16O5.C7H12O4.Mg.2H/c1-7(2)8(13)14-6-9(3-10,4-11)5-12;8-6(9)4-2-1-3-5-7(10)11;;;/h10-12H,1,3-6H2,2H3;1-5H2,(H,8,9)(H,10,11);;;. The van der Waals surface area contributed by atoms with Gasteiger partial charge in [-0.15, -0.1) is 0 Å². The summed E-state index contributed by atoms with van der Waals surface area (Å²) >= 11 is 0. The fourth-order valence-electron chi connectivity index (χ4n) is 1.36. The first-order chi connectivity index (χ1) is 11.6. The number of carbonyl (C=O) groups excluding carboxylic acids is 1. The highest BCUT2D eigenvalue weighted by molar-refractivity contribution is 5.86. The molecule has 26 heavy (non-hydrogen) atoms. The van der Waals surface area contributed by atoms with Crippen LogP contribution in [0.5, 0.6) is 0 Å². The molecule has 0 aliphatic heterocycles. The molecule has 0 saturated heterocycles. The Labute approximate surface area is 168 Å². The van der Waals surface area contributed by atoms with Crippen LogP contribution in [0.25, 0.3) is 0 Å². The number of ether oxygens (including phenoxy) is 1. The van der Waals surface area contributed by atoms with Crippen molar-refractivity contribution < 1.29 is 44.7 Å². The summed E-state index contributed by atoms with van der Waals surface area (Å²) in [7, 11) is 0. The molecule has 0 heterocycles. The molecule has 0 aromatic rings. The summed E-state index contributed by atoms with van der Waals surface area (Å²) in [6, 6.07) is 0. The van der Waals surface area contributed by atoms with E-state index in [-0.39, 0.29) is 48.1 Å². The third-order valence-electron chi connectivity index (χ3n) is 3.15. The van der Waals surface area contributed by atoms with Gasteiger partial charge in [-0.05, 0) is 19.8 Å². The summed E-state index contributed by atoms with van der Waals surface area (Å²) in [5, 5.41) is 43.1. The number of rotatable bonds is 12. The van der Waals surface area contributed by atoms with Crippen LogP contribution in [0.4, 0.5) is 0 Å². The molecule has 0 spiro atoms. The predicted octanol–water partition coefficient (Wildman–Crippen LogP) is -0.741. The molecule has 0 fully saturated rings. The van der Waals surface area contributed by atoms with Gasteiger partial charge in [-0.2, -0.15) is 0 Å². The van der Waals surface area contributed by atoms with Crippen molar-refractivity contribution in [3.05, 3.63) is 12.2 Å². The van der Waals surface area contributed by atoms with Gasteiger partial charge in [-0.3, -0.25) is 9.59 Å². The molecular formula is C16H30MgO9. The van der Waals surface area contributed by atoms with E-state index in [1.165, 1.54) is 6.92 Å². The normalized spacial score (nSPS) is 10.0. The maximum atomic E-state index is 11.0. The molecule has 0 unspecified atom stereocenters. The first-order valence-corrected chi connectivity index (χ1v) is 7.73. The van der Waals surface area contributed by atoms with Gasteiger partial charge in [-0.25, -0.2) is 4.79 Å². The molecule has 0 atom stereocenters. The quantitative estimate of drug-likeness (QED) is 0.125. The molecule has 0 aliphatic carbocycles. The van der Waals surface area contributed by atoms with E-state index in [4.69, 9.17) is 30.3 Å². The second kappa shape index (κ2) is 17.2. The number of carboxylic acid groups (broad SMARTS) is 2. The van der Waals surface area contributed by atoms with Crippen molar-refractivity contribution >= 4 is 41.0 Å². The number of aliphatic hydroxyl groups excluding tert-OH is 3. The fourth-order valence-corrected chi connectivity index (χ4v) is 1.36. The minimum atomic E-state index is -1.18. The highest BCUT2D eigenvalue weighted by Crippen LogP contribution is 2.15. The van der Waals surface area contributed by atoms with Crippen LogP contribution in [0.3, 0.4) is 0 Å². The van der Waals surface area contributed by atoms with Crippen LogP contribution in [-0.4, -0.2) is 92.9 Å².